The number of nitrogens with zero attached hydrogens (tertiary/aromatic N) is 3. The molecule has 0 amide bonds. The molecule has 0 spiro atoms. The van der Waals surface area contributed by atoms with E-state index in [-0.39, 0.29) is 11.6 Å². The van der Waals surface area contributed by atoms with E-state index < -0.39 is 32.8 Å². The van der Waals surface area contributed by atoms with Crippen molar-refractivity contribution in [2.45, 2.75) is 19.8 Å². The van der Waals surface area contributed by atoms with Gasteiger partial charge in [-0.05, 0) is 18.8 Å². The first-order chi connectivity index (χ1) is 10.3. The van der Waals surface area contributed by atoms with E-state index in [0.29, 0.717) is 13.1 Å². The minimum absolute atomic E-state index is 0.105. The molecule has 0 bridgehead atoms. The summed E-state index contributed by atoms with van der Waals surface area (Å²) in [6.45, 7) is 2.90. The molecular weight excluding hydrogens is 294 g/mol. The zero-order chi connectivity index (χ0) is 16.4. The summed E-state index contributed by atoms with van der Waals surface area (Å²) in [5, 5.41) is 31.5. The fraction of sp³-hybridized carbons (Fsp3) is 0.462. The van der Waals surface area contributed by atoms with E-state index >= 15 is 0 Å². The van der Waals surface area contributed by atoms with Crippen molar-refractivity contribution >= 4 is 23.0 Å². The zero-order valence-corrected chi connectivity index (χ0v) is 11.9. The minimum Gasteiger partial charge on any atom is -0.478 e. The third-order valence-electron chi connectivity index (χ3n) is 3.68. The second kappa shape index (κ2) is 5.96. The Labute approximate surface area is 125 Å². The van der Waals surface area contributed by atoms with Crippen LogP contribution in [0.25, 0.3) is 0 Å². The molecular formula is C13H15N3O6. The molecule has 1 heterocycles. The highest BCUT2D eigenvalue weighted by Gasteiger charge is 2.33. The normalized spacial score (nSPS) is 18.0. The Morgan fingerprint density at radius 2 is 1.82 bits per heavy atom. The fourth-order valence-electron chi connectivity index (χ4n) is 2.72. The first-order valence-electron chi connectivity index (χ1n) is 6.76. The van der Waals surface area contributed by atoms with Crippen LogP contribution in [-0.4, -0.2) is 34.0 Å². The molecule has 1 aromatic carbocycles. The monoisotopic (exact) mass is 309 g/mol. The number of hydrogen-bond acceptors (Lipinski definition) is 6. The van der Waals surface area contributed by atoms with Crippen molar-refractivity contribution in [1.82, 2.24) is 0 Å². The molecule has 1 aliphatic rings. The Morgan fingerprint density at radius 3 is 2.23 bits per heavy atom. The molecule has 0 saturated carbocycles. The first kappa shape index (κ1) is 15.7. The van der Waals surface area contributed by atoms with Gasteiger partial charge in [-0.2, -0.15) is 0 Å². The van der Waals surface area contributed by atoms with E-state index in [1.807, 2.05) is 6.92 Å². The smallest absolute Gasteiger partial charge is 0.336 e. The molecule has 1 aliphatic heterocycles. The second-order valence-corrected chi connectivity index (χ2v) is 5.38. The highest BCUT2D eigenvalue weighted by molar-refractivity contribution is 5.92. The predicted molar refractivity (Wildman–Crippen MR) is 77.3 cm³/mol. The topological polar surface area (TPSA) is 127 Å². The van der Waals surface area contributed by atoms with Crippen LogP contribution >= 0.6 is 0 Å². The summed E-state index contributed by atoms with van der Waals surface area (Å²) in [4.78, 5) is 33.6. The van der Waals surface area contributed by atoms with Crippen molar-refractivity contribution in [3.05, 3.63) is 37.9 Å². The third-order valence-corrected chi connectivity index (χ3v) is 3.68. The van der Waals surface area contributed by atoms with Gasteiger partial charge in [0.2, 0.25) is 0 Å². The minimum atomic E-state index is -1.44. The molecule has 2 rings (SSSR count). The van der Waals surface area contributed by atoms with E-state index in [2.05, 4.69) is 0 Å². The lowest BCUT2D eigenvalue weighted by Crippen LogP contribution is -2.35. The number of nitro benzene ring substituents is 2. The van der Waals surface area contributed by atoms with Crippen molar-refractivity contribution in [3.8, 4) is 0 Å². The SMILES string of the molecule is C[C@@H]1CCCN(c2c([N+](=O)[O-])cc(C(=O)O)cc2[N+](=O)[O-])C1. The van der Waals surface area contributed by atoms with Gasteiger partial charge < -0.3 is 10.0 Å². The number of carbonyl (C=O) groups is 1. The number of carboxylic acids is 1. The molecule has 1 fully saturated rings. The van der Waals surface area contributed by atoms with Crippen LogP contribution < -0.4 is 4.90 Å². The molecule has 1 N–H and O–H groups in total. The number of aromatic carboxylic acids is 1. The Balaban J connectivity index is 2.65. The Morgan fingerprint density at radius 1 is 1.27 bits per heavy atom. The molecule has 118 valence electrons. The standard InChI is InChI=1S/C13H15N3O6/c1-8-3-2-4-14(7-8)12-10(15(19)20)5-9(13(17)18)6-11(12)16(21)22/h5-6,8H,2-4,7H2,1H3,(H,17,18)/t8-/m1/s1. The van der Waals surface area contributed by atoms with Crippen molar-refractivity contribution < 1.29 is 19.7 Å². The van der Waals surface area contributed by atoms with Crippen LogP contribution in [0.4, 0.5) is 17.1 Å². The van der Waals surface area contributed by atoms with Gasteiger partial charge >= 0.3 is 17.3 Å². The Hall–Kier alpha value is -2.71. The largest absolute Gasteiger partial charge is 0.478 e. The summed E-state index contributed by atoms with van der Waals surface area (Å²) in [5.41, 5.74) is -1.65. The lowest BCUT2D eigenvalue weighted by molar-refractivity contribution is -0.392. The molecule has 0 radical (unpaired) electrons. The summed E-state index contributed by atoms with van der Waals surface area (Å²) in [6, 6.07) is 1.76. The van der Waals surface area contributed by atoms with Gasteiger partial charge in [0.05, 0.1) is 15.4 Å². The van der Waals surface area contributed by atoms with Gasteiger partial charge in [-0.1, -0.05) is 6.92 Å². The highest BCUT2D eigenvalue weighted by atomic mass is 16.6. The summed E-state index contributed by atoms with van der Waals surface area (Å²) in [7, 11) is 0. The maximum atomic E-state index is 11.3. The molecule has 22 heavy (non-hydrogen) atoms. The first-order valence-corrected chi connectivity index (χ1v) is 6.76. The van der Waals surface area contributed by atoms with Gasteiger partial charge in [0.1, 0.15) is 0 Å². The van der Waals surface area contributed by atoms with Crippen LogP contribution in [-0.2, 0) is 0 Å². The van der Waals surface area contributed by atoms with Crippen LogP contribution in [0.2, 0.25) is 0 Å². The molecule has 0 aliphatic carbocycles. The van der Waals surface area contributed by atoms with E-state index in [1.54, 1.807) is 4.90 Å². The van der Waals surface area contributed by atoms with Gasteiger partial charge in [-0.3, -0.25) is 20.2 Å². The van der Waals surface area contributed by atoms with E-state index in [9.17, 15) is 25.0 Å². The number of anilines is 1. The van der Waals surface area contributed by atoms with E-state index in [1.165, 1.54) is 0 Å². The quantitative estimate of drug-likeness (QED) is 0.668. The maximum absolute atomic E-state index is 11.3. The summed E-state index contributed by atoms with van der Waals surface area (Å²) >= 11 is 0. The Kier molecular flexibility index (Phi) is 4.25. The Bertz CT molecular complexity index is 610. The van der Waals surface area contributed by atoms with E-state index in [0.717, 1.165) is 25.0 Å². The van der Waals surface area contributed by atoms with Crippen LogP contribution in [0, 0.1) is 26.1 Å². The number of nitro groups is 2. The van der Waals surface area contributed by atoms with Crippen molar-refractivity contribution in [1.29, 1.82) is 0 Å². The predicted octanol–water partition coefficient (Wildman–Crippen LogP) is 2.44. The van der Waals surface area contributed by atoms with Crippen LogP contribution in [0.3, 0.4) is 0 Å². The number of hydrogen-bond donors (Lipinski definition) is 1. The molecule has 9 heteroatoms. The number of piperidine rings is 1. The van der Waals surface area contributed by atoms with Gasteiger partial charge in [-0.25, -0.2) is 4.79 Å². The lowest BCUT2D eigenvalue weighted by atomic mass is 9.98. The summed E-state index contributed by atoms with van der Waals surface area (Å²) < 4.78 is 0. The number of carboxylic acid groups (broad SMARTS) is 1. The third kappa shape index (κ3) is 2.97. The molecule has 0 unspecified atom stereocenters. The van der Waals surface area contributed by atoms with Crippen molar-refractivity contribution in [2.24, 2.45) is 5.92 Å². The maximum Gasteiger partial charge on any atom is 0.336 e. The van der Waals surface area contributed by atoms with Crippen LogP contribution in [0.1, 0.15) is 30.1 Å². The van der Waals surface area contributed by atoms with Gasteiger partial charge in [0, 0.05) is 25.2 Å². The molecule has 9 nitrogen and oxygen atoms in total. The summed E-state index contributed by atoms with van der Waals surface area (Å²) in [5.74, 6) is -1.18. The second-order valence-electron chi connectivity index (χ2n) is 5.38. The zero-order valence-electron chi connectivity index (χ0n) is 11.9. The van der Waals surface area contributed by atoms with Gasteiger partial charge in [0.15, 0.2) is 5.69 Å². The van der Waals surface area contributed by atoms with Gasteiger partial charge in [0.25, 0.3) is 0 Å². The fourth-order valence-corrected chi connectivity index (χ4v) is 2.72. The molecule has 0 aromatic heterocycles. The lowest BCUT2D eigenvalue weighted by Gasteiger charge is -2.32. The average molecular weight is 309 g/mol. The number of rotatable bonds is 4. The van der Waals surface area contributed by atoms with E-state index in [4.69, 9.17) is 5.11 Å². The molecule has 1 atom stereocenters. The van der Waals surface area contributed by atoms with Crippen molar-refractivity contribution in [2.75, 3.05) is 18.0 Å². The number of benzene rings is 1. The van der Waals surface area contributed by atoms with Crippen molar-refractivity contribution in [3.63, 3.8) is 0 Å². The summed E-state index contributed by atoms with van der Waals surface area (Å²) in [6.07, 6.45) is 1.72. The molecule has 1 saturated heterocycles. The van der Waals surface area contributed by atoms with Gasteiger partial charge in [-0.15, -0.1) is 0 Å². The highest BCUT2D eigenvalue weighted by Crippen LogP contribution is 2.40. The van der Waals surface area contributed by atoms with Crippen LogP contribution in [0.5, 0.6) is 0 Å². The average Bonchev–Trinajstić information content (AvgIpc) is 2.45. The molecule has 1 aromatic rings. The van der Waals surface area contributed by atoms with Crippen LogP contribution in [0.15, 0.2) is 12.1 Å².